The van der Waals surface area contributed by atoms with Crippen LogP contribution in [0.5, 0.6) is 0 Å². The summed E-state index contributed by atoms with van der Waals surface area (Å²) >= 11 is 3.70. The van der Waals surface area contributed by atoms with Crippen LogP contribution in [-0.4, -0.2) is 17.3 Å². The number of alkyl halides is 1. The third-order valence-electron chi connectivity index (χ3n) is 4.05. The summed E-state index contributed by atoms with van der Waals surface area (Å²) in [4.78, 5) is 12.7. The van der Waals surface area contributed by atoms with E-state index in [4.69, 9.17) is 0 Å². The van der Waals surface area contributed by atoms with Gasteiger partial charge in [0.05, 0.1) is 0 Å². The van der Waals surface area contributed by atoms with E-state index >= 15 is 0 Å². The van der Waals surface area contributed by atoms with Gasteiger partial charge in [-0.15, -0.1) is 0 Å². The molecule has 0 saturated heterocycles. The van der Waals surface area contributed by atoms with E-state index in [1.54, 1.807) is 0 Å². The van der Waals surface area contributed by atoms with Crippen molar-refractivity contribution in [3.05, 3.63) is 0 Å². The van der Waals surface area contributed by atoms with Crippen LogP contribution in [0.3, 0.4) is 0 Å². The quantitative estimate of drug-likeness (QED) is 0.698. The van der Waals surface area contributed by atoms with E-state index in [-0.39, 0.29) is 11.8 Å². The lowest BCUT2D eigenvalue weighted by Gasteiger charge is -2.26. The summed E-state index contributed by atoms with van der Waals surface area (Å²) in [5.41, 5.74) is 0. The van der Waals surface area contributed by atoms with Gasteiger partial charge in [0.2, 0.25) is 5.91 Å². The molecule has 2 nitrogen and oxygen atoms in total. The van der Waals surface area contributed by atoms with Gasteiger partial charge in [-0.1, -0.05) is 49.0 Å². The van der Waals surface area contributed by atoms with Gasteiger partial charge in [0.1, 0.15) is 0 Å². The summed E-state index contributed by atoms with van der Waals surface area (Å²) in [5.74, 6) is 1.19. The van der Waals surface area contributed by atoms with Crippen molar-refractivity contribution in [3.8, 4) is 0 Å². The van der Waals surface area contributed by atoms with Gasteiger partial charge in [-0.05, 0) is 38.0 Å². The Kier molecular flexibility index (Phi) is 7.96. The maximum atomic E-state index is 12.1. The fourth-order valence-electron chi connectivity index (χ4n) is 2.77. The van der Waals surface area contributed by atoms with Crippen LogP contribution in [0.1, 0.15) is 65.2 Å². The minimum atomic E-state index is 0.230. The Morgan fingerprint density at radius 1 is 1.39 bits per heavy atom. The lowest BCUT2D eigenvalue weighted by Crippen LogP contribution is -2.35. The number of carbonyl (C=O) groups is 1. The predicted octanol–water partition coefficient (Wildman–Crippen LogP) is 4.27. The molecule has 0 radical (unpaired) electrons. The Morgan fingerprint density at radius 3 is 2.78 bits per heavy atom. The van der Waals surface area contributed by atoms with E-state index in [1.807, 2.05) is 0 Å². The van der Waals surface area contributed by atoms with Crippen molar-refractivity contribution in [3.63, 3.8) is 0 Å². The number of halogens is 1. The minimum absolute atomic E-state index is 0.230. The molecule has 1 aliphatic carbocycles. The van der Waals surface area contributed by atoms with Crippen molar-refractivity contribution in [2.24, 2.45) is 11.8 Å². The zero-order valence-electron chi connectivity index (χ0n) is 11.9. The number of amides is 1. The number of hydrogen-bond donors (Lipinski definition) is 1. The Labute approximate surface area is 120 Å². The van der Waals surface area contributed by atoms with Gasteiger partial charge in [0.15, 0.2) is 0 Å². The molecule has 106 valence electrons. The second-order valence-corrected chi connectivity index (χ2v) is 6.92. The highest BCUT2D eigenvalue weighted by atomic mass is 79.9. The molecule has 0 aliphatic heterocycles. The van der Waals surface area contributed by atoms with E-state index in [2.05, 4.69) is 35.1 Å². The van der Waals surface area contributed by atoms with Crippen LogP contribution in [0.2, 0.25) is 0 Å². The number of carbonyl (C=O) groups excluding carboxylic acids is 1. The smallest absolute Gasteiger partial charge is 0.223 e. The highest BCUT2D eigenvalue weighted by molar-refractivity contribution is 9.09. The maximum Gasteiger partial charge on any atom is 0.223 e. The summed E-state index contributed by atoms with van der Waals surface area (Å²) < 4.78 is 0. The SMILES string of the molecule is CCCCC(CC)C(=O)NCC1CCCC(Br)C1. The Balaban J connectivity index is 2.25. The highest BCUT2D eigenvalue weighted by Crippen LogP contribution is 2.28. The third kappa shape index (κ3) is 5.73. The molecule has 0 aromatic rings. The van der Waals surface area contributed by atoms with Crippen LogP contribution in [0.4, 0.5) is 0 Å². The molecule has 18 heavy (non-hydrogen) atoms. The Morgan fingerprint density at radius 2 is 2.17 bits per heavy atom. The molecule has 1 N–H and O–H groups in total. The lowest BCUT2D eigenvalue weighted by atomic mass is 9.89. The van der Waals surface area contributed by atoms with Crippen molar-refractivity contribution < 1.29 is 4.79 Å². The standard InChI is InChI=1S/C15H28BrNO/c1-3-5-8-13(4-2)15(18)17-11-12-7-6-9-14(16)10-12/h12-14H,3-11H2,1-2H3,(H,17,18). The highest BCUT2D eigenvalue weighted by Gasteiger charge is 2.22. The molecular weight excluding hydrogens is 290 g/mol. The molecule has 1 aliphatic rings. The molecule has 1 rings (SSSR count). The van der Waals surface area contributed by atoms with E-state index in [0.29, 0.717) is 10.7 Å². The van der Waals surface area contributed by atoms with Gasteiger partial charge in [-0.3, -0.25) is 4.79 Å². The van der Waals surface area contributed by atoms with Crippen LogP contribution < -0.4 is 5.32 Å². The van der Waals surface area contributed by atoms with Crippen molar-refractivity contribution in [1.29, 1.82) is 0 Å². The second-order valence-electron chi connectivity index (χ2n) is 5.62. The van der Waals surface area contributed by atoms with Crippen LogP contribution in [0, 0.1) is 11.8 Å². The van der Waals surface area contributed by atoms with Crippen molar-refractivity contribution >= 4 is 21.8 Å². The van der Waals surface area contributed by atoms with Gasteiger partial charge in [-0.2, -0.15) is 0 Å². The molecule has 0 spiro atoms. The molecule has 1 amide bonds. The van der Waals surface area contributed by atoms with Gasteiger partial charge < -0.3 is 5.32 Å². The van der Waals surface area contributed by atoms with Crippen molar-refractivity contribution in [1.82, 2.24) is 5.32 Å². The van der Waals surface area contributed by atoms with Crippen LogP contribution >= 0.6 is 15.9 Å². The number of rotatable bonds is 7. The first-order valence-electron chi connectivity index (χ1n) is 7.59. The molecule has 3 heteroatoms. The molecule has 0 aromatic heterocycles. The van der Waals surface area contributed by atoms with Crippen LogP contribution in [0.25, 0.3) is 0 Å². The summed E-state index contributed by atoms with van der Waals surface area (Å²) in [6.45, 7) is 5.18. The molecule has 0 heterocycles. The first-order chi connectivity index (χ1) is 8.67. The molecule has 0 aromatic carbocycles. The molecule has 3 atom stereocenters. The topological polar surface area (TPSA) is 29.1 Å². The maximum absolute atomic E-state index is 12.1. The number of hydrogen-bond acceptors (Lipinski definition) is 1. The van der Waals surface area contributed by atoms with Crippen LogP contribution in [-0.2, 0) is 4.79 Å². The normalized spacial score (nSPS) is 25.7. The first kappa shape index (κ1) is 16.0. The Bertz CT molecular complexity index is 245. The zero-order chi connectivity index (χ0) is 13.4. The first-order valence-corrected chi connectivity index (χ1v) is 8.50. The lowest BCUT2D eigenvalue weighted by molar-refractivity contribution is -0.125. The second kappa shape index (κ2) is 8.95. The summed E-state index contributed by atoms with van der Waals surface area (Å²) in [6, 6.07) is 0. The van der Waals surface area contributed by atoms with E-state index in [9.17, 15) is 4.79 Å². The molecular formula is C15H28BrNO. The summed E-state index contributed by atoms with van der Waals surface area (Å²) in [7, 11) is 0. The van der Waals surface area contributed by atoms with E-state index in [1.165, 1.54) is 38.5 Å². The predicted molar refractivity (Wildman–Crippen MR) is 81.0 cm³/mol. The van der Waals surface area contributed by atoms with E-state index < -0.39 is 0 Å². The van der Waals surface area contributed by atoms with E-state index in [0.717, 1.165) is 19.4 Å². The Hall–Kier alpha value is -0.0500. The summed E-state index contributed by atoms with van der Waals surface area (Å²) in [6.07, 6.45) is 9.43. The molecule has 0 bridgehead atoms. The number of unbranched alkanes of at least 4 members (excludes halogenated alkanes) is 1. The van der Waals surface area contributed by atoms with Gasteiger partial charge in [-0.25, -0.2) is 0 Å². The largest absolute Gasteiger partial charge is 0.356 e. The average Bonchev–Trinajstić information content (AvgIpc) is 2.37. The fourth-order valence-corrected chi connectivity index (χ4v) is 3.62. The van der Waals surface area contributed by atoms with Crippen molar-refractivity contribution in [2.45, 2.75) is 70.0 Å². The fraction of sp³-hybridized carbons (Fsp3) is 0.933. The summed E-state index contributed by atoms with van der Waals surface area (Å²) in [5, 5.41) is 3.17. The van der Waals surface area contributed by atoms with Gasteiger partial charge in [0, 0.05) is 17.3 Å². The molecule has 1 fully saturated rings. The minimum Gasteiger partial charge on any atom is -0.356 e. The zero-order valence-corrected chi connectivity index (χ0v) is 13.5. The average molecular weight is 318 g/mol. The van der Waals surface area contributed by atoms with Gasteiger partial charge in [0.25, 0.3) is 0 Å². The molecule has 3 unspecified atom stereocenters. The van der Waals surface area contributed by atoms with Gasteiger partial charge >= 0.3 is 0 Å². The van der Waals surface area contributed by atoms with Crippen LogP contribution in [0.15, 0.2) is 0 Å². The number of nitrogens with one attached hydrogen (secondary N) is 1. The third-order valence-corrected chi connectivity index (χ3v) is 4.89. The van der Waals surface area contributed by atoms with Crippen molar-refractivity contribution in [2.75, 3.05) is 6.54 Å². The monoisotopic (exact) mass is 317 g/mol. The molecule has 1 saturated carbocycles.